The molecule has 40 heavy (non-hydrogen) atoms. The molecule has 3 aliphatic heterocycles. The van der Waals surface area contributed by atoms with Gasteiger partial charge in [0.1, 0.15) is 17.1 Å². The highest BCUT2D eigenvalue weighted by atomic mass is 35.5. The largest absolute Gasteiger partial charge is 0.508 e. The van der Waals surface area contributed by atoms with Gasteiger partial charge >= 0.3 is 0 Å². The van der Waals surface area contributed by atoms with Crippen molar-refractivity contribution in [3.05, 3.63) is 53.3 Å². The maximum Gasteiger partial charge on any atom is 0.228 e. The number of likely N-dealkylation sites (N-methyl/N-ethyl adjacent to an activating group) is 1. The number of nitrogens with zero attached hydrogens (tertiary/aromatic N) is 5. The lowest BCUT2D eigenvalue weighted by Crippen LogP contribution is -2.58. The van der Waals surface area contributed by atoms with Gasteiger partial charge in [0.15, 0.2) is 5.82 Å². The van der Waals surface area contributed by atoms with E-state index in [1.807, 2.05) is 24.3 Å². The van der Waals surface area contributed by atoms with Crippen molar-refractivity contribution in [2.45, 2.75) is 31.3 Å². The quantitative estimate of drug-likeness (QED) is 0.352. The number of halogens is 2. The fourth-order valence-electron chi connectivity index (χ4n) is 6.84. The van der Waals surface area contributed by atoms with Gasteiger partial charge < -0.3 is 25.5 Å². The van der Waals surface area contributed by atoms with Crippen LogP contribution in [0, 0.1) is 17.7 Å². The molecule has 7 nitrogen and oxygen atoms in total. The van der Waals surface area contributed by atoms with Crippen molar-refractivity contribution in [3.8, 4) is 16.9 Å². The summed E-state index contributed by atoms with van der Waals surface area (Å²) in [5, 5.41) is 13.0. The zero-order valence-electron chi connectivity index (χ0n) is 22.8. The van der Waals surface area contributed by atoms with Crippen LogP contribution in [-0.4, -0.2) is 72.3 Å². The lowest BCUT2D eigenvalue weighted by atomic mass is 9.81. The third-order valence-electron chi connectivity index (χ3n) is 9.23. The third kappa shape index (κ3) is 4.24. The number of phenols is 1. The minimum absolute atomic E-state index is 0.0556. The molecule has 4 aromatic rings. The maximum absolute atomic E-state index is 16.8. The fraction of sp³-hybridized carbons (Fsp3) is 0.419. The van der Waals surface area contributed by atoms with Gasteiger partial charge in [-0.1, -0.05) is 35.9 Å². The van der Waals surface area contributed by atoms with Crippen LogP contribution in [0.25, 0.3) is 32.8 Å². The molecule has 3 N–H and O–H groups in total. The van der Waals surface area contributed by atoms with E-state index in [1.54, 1.807) is 18.2 Å². The Kier molecular flexibility index (Phi) is 6.25. The van der Waals surface area contributed by atoms with Gasteiger partial charge in [0.2, 0.25) is 5.95 Å². The number of nitrogens with two attached hydrogens (primary N) is 1. The first kappa shape index (κ1) is 25.7. The van der Waals surface area contributed by atoms with E-state index in [0.29, 0.717) is 34.8 Å². The molecule has 8 rings (SSSR count). The Morgan fingerprint density at radius 1 is 1.00 bits per heavy atom. The minimum atomic E-state index is -0.498. The number of hydrogen-bond acceptors (Lipinski definition) is 7. The van der Waals surface area contributed by atoms with E-state index >= 15 is 4.39 Å². The van der Waals surface area contributed by atoms with Crippen LogP contribution in [-0.2, 0) is 0 Å². The van der Waals surface area contributed by atoms with E-state index in [4.69, 9.17) is 27.3 Å². The Hall–Kier alpha value is -3.20. The second kappa shape index (κ2) is 9.72. The first-order chi connectivity index (χ1) is 19.3. The molecule has 9 heteroatoms. The molecule has 1 aromatic heterocycles. The van der Waals surface area contributed by atoms with E-state index in [9.17, 15) is 5.11 Å². The molecule has 3 saturated heterocycles. The average molecular weight is 561 g/mol. The number of phenolic OH excluding ortho intramolecular Hbond substituents is 1. The van der Waals surface area contributed by atoms with Gasteiger partial charge in [-0.25, -0.2) is 9.37 Å². The molecule has 4 aliphatic rings. The highest BCUT2D eigenvalue weighted by Gasteiger charge is 2.37. The van der Waals surface area contributed by atoms with E-state index in [1.165, 1.54) is 0 Å². The number of benzene rings is 3. The summed E-state index contributed by atoms with van der Waals surface area (Å²) in [4.78, 5) is 16.5. The van der Waals surface area contributed by atoms with Gasteiger partial charge in [-0.2, -0.15) is 4.98 Å². The number of aromatic nitrogens is 2. The van der Waals surface area contributed by atoms with E-state index < -0.39 is 5.82 Å². The third-order valence-corrected chi connectivity index (χ3v) is 9.53. The van der Waals surface area contributed by atoms with Crippen molar-refractivity contribution >= 4 is 45.0 Å². The predicted molar refractivity (Wildman–Crippen MR) is 160 cm³/mol. The number of anilines is 2. The van der Waals surface area contributed by atoms with E-state index in [0.717, 1.165) is 62.0 Å². The first-order valence-corrected chi connectivity index (χ1v) is 14.5. The van der Waals surface area contributed by atoms with Gasteiger partial charge in [0.25, 0.3) is 0 Å². The van der Waals surface area contributed by atoms with Crippen LogP contribution in [0.3, 0.4) is 0 Å². The van der Waals surface area contributed by atoms with Crippen LogP contribution in [0.5, 0.6) is 5.75 Å². The lowest BCUT2D eigenvalue weighted by Gasteiger charge is -2.43. The molecular weight excluding hydrogens is 527 g/mol. The van der Waals surface area contributed by atoms with Crippen LogP contribution in [0.4, 0.5) is 16.2 Å². The molecule has 4 fully saturated rings. The molecular formula is C31H34ClFN6O. The minimum Gasteiger partial charge on any atom is -0.508 e. The monoisotopic (exact) mass is 560 g/mol. The summed E-state index contributed by atoms with van der Waals surface area (Å²) in [7, 11) is 4.14. The number of hydrogen-bond donors (Lipinski definition) is 2. The van der Waals surface area contributed by atoms with Crippen molar-refractivity contribution in [2.24, 2.45) is 17.6 Å². The summed E-state index contributed by atoms with van der Waals surface area (Å²) in [5.74, 6) is 1.69. The van der Waals surface area contributed by atoms with Gasteiger partial charge in [0.05, 0.1) is 5.02 Å². The molecule has 0 radical (unpaired) electrons. The highest BCUT2D eigenvalue weighted by molar-refractivity contribution is 6.35. The molecule has 0 unspecified atom stereocenters. The van der Waals surface area contributed by atoms with Crippen LogP contribution >= 0.6 is 11.6 Å². The van der Waals surface area contributed by atoms with Gasteiger partial charge in [-0.3, -0.25) is 0 Å². The second-order valence-corrected chi connectivity index (χ2v) is 12.4. The summed E-state index contributed by atoms with van der Waals surface area (Å²) in [6, 6.07) is 13.2. The summed E-state index contributed by atoms with van der Waals surface area (Å²) >= 11 is 6.89. The predicted octanol–water partition coefficient (Wildman–Crippen LogP) is 5.26. The van der Waals surface area contributed by atoms with Gasteiger partial charge in [-0.05, 0) is 79.7 Å². The summed E-state index contributed by atoms with van der Waals surface area (Å²) in [5.41, 5.74) is 7.57. The van der Waals surface area contributed by atoms with Crippen molar-refractivity contribution in [3.63, 3.8) is 0 Å². The lowest BCUT2D eigenvalue weighted by molar-refractivity contribution is 0.245. The van der Waals surface area contributed by atoms with Crippen molar-refractivity contribution in [1.82, 2.24) is 14.9 Å². The molecule has 1 aliphatic carbocycles. The maximum atomic E-state index is 16.8. The standard InChI is InChI=1S/C31H34ClFN6O/c1-37(2)20-15-39(16-20)31-35-29-24(30(36-31)38-13-17-7-8-19(14-38)26(34)9-17)12-25(32)27(28(29)33)23-11-21(40)10-18-5-3-4-6-22(18)23/h3-6,10-12,17,19-20,26,40H,7-9,13-16,34H2,1-2H3/t17-,19-,26-/m0/s1. The molecule has 3 atom stereocenters. The average Bonchev–Trinajstić information content (AvgIpc) is 3.19. The SMILES string of the molecule is CN(C)C1CN(c2nc(N3C[C@H]4CC[C@@H](C3)[C@@H](N)C4)c3cc(Cl)c(-c4cc(O)cc5ccccc45)c(F)c3n2)C1. The Balaban J connectivity index is 1.43. The van der Waals surface area contributed by atoms with Crippen molar-refractivity contribution in [1.29, 1.82) is 0 Å². The van der Waals surface area contributed by atoms with Gasteiger partial charge in [-0.15, -0.1) is 0 Å². The van der Waals surface area contributed by atoms with Crippen LogP contribution < -0.4 is 15.5 Å². The van der Waals surface area contributed by atoms with E-state index in [2.05, 4.69) is 28.8 Å². The van der Waals surface area contributed by atoms with Crippen LogP contribution in [0.1, 0.15) is 19.3 Å². The zero-order valence-corrected chi connectivity index (χ0v) is 23.6. The number of fused-ring (bicyclic) bond motifs is 6. The second-order valence-electron chi connectivity index (χ2n) is 12.0. The summed E-state index contributed by atoms with van der Waals surface area (Å²) < 4.78 is 16.8. The molecule has 0 amide bonds. The summed E-state index contributed by atoms with van der Waals surface area (Å²) in [6.07, 6.45) is 3.28. The highest BCUT2D eigenvalue weighted by Crippen LogP contribution is 2.44. The Morgan fingerprint density at radius 3 is 2.58 bits per heavy atom. The normalized spacial score (nSPS) is 23.3. The molecule has 3 aromatic carbocycles. The van der Waals surface area contributed by atoms with Crippen molar-refractivity contribution < 1.29 is 9.50 Å². The number of aromatic hydroxyl groups is 1. The van der Waals surface area contributed by atoms with Crippen LogP contribution in [0.2, 0.25) is 5.02 Å². The van der Waals surface area contributed by atoms with Crippen molar-refractivity contribution in [2.75, 3.05) is 50.1 Å². The molecule has 1 saturated carbocycles. The Bertz CT molecular complexity index is 1620. The molecule has 2 bridgehead atoms. The fourth-order valence-corrected chi connectivity index (χ4v) is 7.13. The number of rotatable bonds is 4. The van der Waals surface area contributed by atoms with Crippen LogP contribution in [0.15, 0.2) is 42.5 Å². The van der Waals surface area contributed by atoms with E-state index in [-0.39, 0.29) is 27.9 Å². The summed E-state index contributed by atoms with van der Waals surface area (Å²) in [6.45, 7) is 3.21. The molecule has 208 valence electrons. The van der Waals surface area contributed by atoms with Gasteiger partial charge in [0, 0.05) is 49.2 Å². The topological polar surface area (TPSA) is 81.8 Å². The first-order valence-electron chi connectivity index (χ1n) is 14.1. The zero-order chi connectivity index (χ0) is 27.7. The smallest absolute Gasteiger partial charge is 0.228 e. The Labute approximate surface area is 238 Å². The molecule has 0 spiro atoms. The molecule has 4 heterocycles. The Morgan fingerprint density at radius 2 is 1.80 bits per heavy atom.